The van der Waals surface area contributed by atoms with E-state index in [1.54, 1.807) is 12.5 Å². The summed E-state index contributed by atoms with van der Waals surface area (Å²) in [7, 11) is 0. The van der Waals surface area contributed by atoms with Gasteiger partial charge in [-0.15, -0.1) is 48.6 Å². The SMILES string of the molecule is Cl.Cl.Cl.NCc1ccc(-c2csc(NC=NCC(N)c3ccccn3)n2)o1. The predicted octanol–water partition coefficient (Wildman–Crippen LogP) is 3.66. The third-order valence-corrected chi connectivity index (χ3v) is 4.04. The van der Waals surface area contributed by atoms with E-state index in [-0.39, 0.29) is 43.3 Å². The third kappa shape index (κ3) is 7.10. The van der Waals surface area contributed by atoms with E-state index in [1.807, 2.05) is 35.7 Å². The number of furan rings is 1. The zero-order chi connectivity index (χ0) is 16.8. The number of pyridine rings is 1. The Hall–Kier alpha value is -1.68. The zero-order valence-corrected chi connectivity index (χ0v) is 17.4. The normalized spacial score (nSPS) is 11.2. The molecule has 3 heterocycles. The van der Waals surface area contributed by atoms with Crippen molar-refractivity contribution < 1.29 is 4.42 Å². The van der Waals surface area contributed by atoms with Crippen molar-refractivity contribution in [2.24, 2.45) is 16.5 Å². The fourth-order valence-corrected chi connectivity index (χ4v) is 2.70. The lowest BCUT2D eigenvalue weighted by molar-refractivity contribution is 0.524. The molecule has 0 spiro atoms. The second-order valence-electron chi connectivity index (χ2n) is 5.01. The maximum Gasteiger partial charge on any atom is 0.188 e. The molecule has 3 aromatic heterocycles. The van der Waals surface area contributed by atoms with Crippen LogP contribution in [0.5, 0.6) is 0 Å². The summed E-state index contributed by atoms with van der Waals surface area (Å²) in [5, 5.41) is 5.68. The van der Waals surface area contributed by atoms with Gasteiger partial charge in [0, 0.05) is 11.6 Å². The summed E-state index contributed by atoms with van der Waals surface area (Å²) >= 11 is 1.47. The van der Waals surface area contributed by atoms with Gasteiger partial charge in [0.2, 0.25) is 0 Å². The van der Waals surface area contributed by atoms with Crippen LogP contribution in [0.15, 0.2) is 51.3 Å². The summed E-state index contributed by atoms with van der Waals surface area (Å²) in [5.74, 6) is 1.44. The standard InChI is InChI=1S/C16H18N6OS.3ClH/c17-7-11-4-5-15(23-11)14-9-24-16(22-14)21-10-19-8-12(18)13-3-1-2-6-20-13;;;/h1-6,9-10,12H,7-8,17-18H2,(H,19,21,22);3*1H. The predicted molar refractivity (Wildman–Crippen MR) is 118 cm³/mol. The number of nitrogens with zero attached hydrogens (tertiary/aromatic N) is 3. The number of aliphatic imine (C=N–C) groups is 1. The van der Waals surface area contributed by atoms with E-state index in [1.165, 1.54) is 11.3 Å². The van der Waals surface area contributed by atoms with Crippen molar-refractivity contribution in [3.8, 4) is 11.5 Å². The van der Waals surface area contributed by atoms with Crippen LogP contribution >= 0.6 is 48.6 Å². The second kappa shape index (κ2) is 12.7. The number of thiazole rings is 1. The van der Waals surface area contributed by atoms with Crippen molar-refractivity contribution in [1.82, 2.24) is 9.97 Å². The first-order valence-corrected chi connectivity index (χ1v) is 8.30. The van der Waals surface area contributed by atoms with Crippen LogP contribution in [0.25, 0.3) is 11.5 Å². The van der Waals surface area contributed by atoms with Gasteiger partial charge < -0.3 is 21.2 Å². The van der Waals surface area contributed by atoms with Crippen molar-refractivity contribution in [2.45, 2.75) is 12.6 Å². The van der Waals surface area contributed by atoms with E-state index < -0.39 is 0 Å². The number of hydrogen-bond donors (Lipinski definition) is 3. The topological polar surface area (TPSA) is 115 Å². The Kier molecular flexibility index (Phi) is 11.9. The summed E-state index contributed by atoms with van der Waals surface area (Å²) in [6.45, 7) is 0.818. The minimum absolute atomic E-state index is 0. The molecule has 1 atom stereocenters. The van der Waals surface area contributed by atoms with E-state index in [4.69, 9.17) is 15.9 Å². The number of aromatic nitrogens is 2. The van der Waals surface area contributed by atoms with Gasteiger partial charge in [0.1, 0.15) is 11.5 Å². The van der Waals surface area contributed by atoms with E-state index in [0.29, 0.717) is 18.8 Å². The number of nitrogens with two attached hydrogens (primary N) is 2. The zero-order valence-electron chi connectivity index (χ0n) is 14.1. The Bertz CT molecular complexity index is 811. The average molecular weight is 452 g/mol. The Balaban J connectivity index is 0.00000225. The highest BCUT2D eigenvalue weighted by atomic mass is 35.5. The lowest BCUT2D eigenvalue weighted by atomic mass is 10.2. The van der Waals surface area contributed by atoms with Gasteiger partial charge in [0.05, 0.1) is 31.2 Å². The molecule has 0 aliphatic carbocycles. The lowest BCUT2D eigenvalue weighted by Crippen LogP contribution is -2.15. The number of hydrogen-bond acceptors (Lipinski definition) is 7. The van der Waals surface area contributed by atoms with Crippen molar-refractivity contribution >= 4 is 60.0 Å². The van der Waals surface area contributed by atoms with E-state index in [9.17, 15) is 0 Å². The lowest BCUT2D eigenvalue weighted by Gasteiger charge is -2.06. The van der Waals surface area contributed by atoms with E-state index in [0.717, 1.165) is 22.3 Å². The number of halogens is 3. The van der Waals surface area contributed by atoms with Gasteiger partial charge in [-0.25, -0.2) is 4.98 Å². The molecule has 0 aliphatic heterocycles. The van der Waals surface area contributed by atoms with E-state index in [2.05, 4.69) is 20.3 Å². The molecule has 0 aromatic carbocycles. The van der Waals surface area contributed by atoms with Gasteiger partial charge in [-0.1, -0.05) is 6.07 Å². The molecule has 27 heavy (non-hydrogen) atoms. The van der Waals surface area contributed by atoms with Crippen molar-refractivity contribution in [2.75, 3.05) is 11.9 Å². The van der Waals surface area contributed by atoms with Gasteiger partial charge in [0.15, 0.2) is 10.9 Å². The molecule has 0 fully saturated rings. The quantitative estimate of drug-likeness (QED) is 0.373. The highest BCUT2D eigenvalue weighted by molar-refractivity contribution is 7.14. The van der Waals surface area contributed by atoms with Crippen LogP contribution in [-0.4, -0.2) is 22.9 Å². The fourth-order valence-electron chi connectivity index (χ4n) is 2.03. The van der Waals surface area contributed by atoms with Crippen molar-refractivity contribution in [1.29, 1.82) is 0 Å². The molecule has 148 valence electrons. The molecule has 3 aromatic rings. The number of anilines is 1. The molecule has 1 unspecified atom stereocenters. The molecule has 0 saturated carbocycles. The van der Waals surface area contributed by atoms with Crippen LogP contribution in [0.3, 0.4) is 0 Å². The van der Waals surface area contributed by atoms with Crippen LogP contribution in [0.1, 0.15) is 17.5 Å². The Morgan fingerprint density at radius 3 is 2.70 bits per heavy atom. The number of rotatable bonds is 7. The Morgan fingerprint density at radius 1 is 1.22 bits per heavy atom. The van der Waals surface area contributed by atoms with Gasteiger partial charge in [-0.3, -0.25) is 9.98 Å². The first kappa shape index (κ1) is 25.3. The molecule has 0 aliphatic rings. The molecule has 11 heteroatoms. The highest BCUT2D eigenvalue weighted by Crippen LogP contribution is 2.26. The average Bonchev–Trinajstić information content (AvgIpc) is 3.28. The van der Waals surface area contributed by atoms with Gasteiger partial charge in [0.25, 0.3) is 0 Å². The van der Waals surface area contributed by atoms with Gasteiger partial charge >= 0.3 is 0 Å². The van der Waals surface area contributed by atoms with Crippen molar-refractivity contribution in [3.63, 3.8) is 0 Å². The number of nitrogens with one attached hydrogen (secondary N) is 1. The smallest absolute Gasteiger partial charge is 0.188 e. The summed E-state index contributed by atoms with van der Waals surface area (Å²) in [5.41, 5.74) is 13.2. The van der Waals surface area contributed by atoms with Crippen LogP contribution in [0.2, 0.25) is 0 Å². The molecule has 0 saturated heterocycles. The minimum Gasteiger partial charge on any atom is -0.458 e. The molecule has 0 bridgehead atoms. The largest absolute Gasteiger partial charge is 0.458 e. The van der Waals surface area contributed by atoms with Gasteiger partial charge in [-0.2, -0.15) is 0 Å². The maximum atomic E-state index is 6.03. The fraction of sp³-hybridized carbons (Fsp3) is 0.188. The monoisotopic (exact) mass is 450 g/mol. The van der Waals surface area contributed by atoms with Crippen LogP contribution in [-0.2, 0) is 6.54 Å². The van der Waals surface area contributed by atoms with E-state index >= 15 is 0 Å². The Labute approximate surface area is 179 Å². The highest BCUT2D eigenvalue weighted by Gasteiger charge is 2.08. The summed E-state index contributed by atoms with van der Waals surface area (Å²) in [6, 6.07) is 9.14. The third-order valence-electron chi connectivity index (χ3n) is 3.27. The summed E-state index contributed by atoms with van der Waals surface area (Å²) in [4.78, 5) is 12.9. The van der Waals surface area contributed by atoms with Crippen molar-refractivity contribution in [3.05, 3.63) is 53.4 Å². The summed E-state index contributed by atoms with van der Waals surface area (Å²) in [6.07, 6.45) is 3.32. The molecule has 0 radical (unpaired) electrons. The maximum absolute atomic E-state index is 6.03. The van der Waals surface area contributed by atoms with Crippen LogP contribution < -0.4 is 16.8 Å². The molecule has 7 nitrogen and oxygen atoms in total. The molecule has 0 amide bonds. The summed E-state index contributed by atoms with van der Waals surface area (Å²) < 4.78 is 5.57. The Morgan fingerprint density at radius 2 is 2.04 bits per heavy atom. The molecule has 3 rings (SSSR count). The molecular formula is C16H21Cl3N6OS. The molecule has 5 N–H and O–H groups in total. The second-order valence-corrected chi connectivity index (χ2v) is 5.87. The molecular weight excluding hydrogens is 431 g/mol. The van der Waals surface area contributed by atoms with Gasteiger partial charge in [-0.05, 0) is 24.3 Å². The van der Waals surface area contributed by atoms with Crippen LogP contribution in [0, 0.1) is 0 Å². The van der Waals surface area contributed by atoms with Crippen LogP contribution in [0.4, 0.5) is 5.13 Å². The minimum atomic E-state index is -0.228. The first-order chi connectivity index (χ1) is 11.8. The first-order valence-electron chi connectivity index (χ1n) is 7.42.